The van der Waals surface area contributed by atoms with Gasteiger partial charge in [0.1, 0.15) is 17.8 Å². The van der Waals surface area contributed by atoms with Gasteiger partial charge in [-0.25, -0.2) is 9.00 Å². The summed E-state index contributed by atoms with van der Waals surface area (Å²) in [5.74, 6) is -0.916. The van der Waals surface area contributed by atoms with Gasteiger partial charge in [0.05, 0.1) is 5.56 Å². The number of hydrogen-bond donors (Lipinski definition) is 2. The first-order chi connectivity index (χ1) is 17.9. The van der Waals surface area contributed by atoms with E-state index in [0.717, 1.165) is 25.9 Å². The van der Waals surface area contributed by atoms with E-state index in [-0.39, 0.29) is 0 Å². The molecule has 0 aliphatic rings. The van der Waals surface area contributed by atoms with Crippen LogP contribution >= 0.6 is 11.3 Å². The second kappa shape index (κ2) is 17.5. The minimum absolute atomic E-state index is 0.329. The standard InChI is InChI=1S/C20H19NO3S2.C7H8.2CH2O/c1-14-10-13-19(25-14)26(24)21-18-9-5-3-7-16(18)12-11-15-6-2-4-8-17(15)20(22)23;1-7-5-3-2-4-6-7;2*1-2/h2-10,13,21H,11-12H2,1H3,(H,22,23);2-6H,1H3;2*1H2. The van der Waals surface area contributed by atoms with Gasteiger partial charge in [-0.3, -0.25) is 0 Å². The monoisotopic (exact) mass is 537 g/mol. The Bertz CT molecular complexity index is 1260. The number of carboxylic acid groups (broad SMARTS) is 1. The first kappa shape index (κ1) is 31.2. The summed E-state index contributed by atoms with van der Waals surface area (Å²) in [7, 11) is -1.31. The van der Waals surface area contributed by atoms with Gasteiger partial charge in [-0.1, -0.05) is 72.3 Å². The number of carbonyl (C=O) groups is 3. The Hall–Kier alpha value is -3.88. The van der Waals surface area contributed by atoms with Crippen LogP contribution in [0.2, 0.25) is 0 Å². The zero-order chi connectivity index (χ0) is 27.6. The van der Waals surface area contributed by atoms with Crippen molar-refractivity contribution in [2.24, 2.45) is 0 Å². The van der Waals surface area contributed by atoms with Crippen molar-refractivity contribution in [2.45, 2.75) is 30.9 Å². The lowest BCUT2D eigenvalue weighted by molar-refractivity contribution is -0.0987. The molecule has 8 heteroatoms. The van der Waals surface area contributed by atoms with Crippen molar-refractivity contribution < 1.29 is 23.7 Å². The number of thiophene rings is 1. The summed E-state index contributed by atoms with van der Waals surface area (Å²) in [5, 5.41) is 9.31. The Labute approximate surface area is 224 Å². The number of aryl methyl sites for hydroxylation is 4. The average Bonchev–Trinajstić information content (AvgIpc) is 3.38. The van der Waals surface area contributed by atoms with Crippen LogP contribution < -0.4 is 4.72 Å². The van der Waals surface area contributed by atoms with Crippen LogP contribution in [0.15, 0.2) is 95.2 Å². The molecule has 4 rings (SSSR count). The van der Waals surface area contributed by atoms with Crippen molar-refractivity contribution in [1.29, 1.82) is 0 Å². The number of rotatable bonds is 7. The van der Waals surface area contributed by atoms with Crippen LogP contribution in [0.1, 0.15) is 31.9 Å². The molecule has 2 N–H and O–H groups in total. The highest BCUT2D eigenvalue weighted by Gasteiger charge is 2.12. The fourth-order valence-corrected chi connectivity index (χ4v) is 5.35. The van der Waals surface area contributed by atoms with Crippen LogP contribution in [-0.4, -0.2) is 28.9 Å². The van der Waals surface area contributed by atoms with E-state index in [1.54, 1.807) is 12.1 Å². The molecule has 3 aromatic carbocycles. The van der Waals surface area contributed by atoms with E-state index >= 15 is 0 Å². The van der Waals surface area contributed by atoms with Crippen molar-refractivity contribution in [3.05, 3.63) is 118 Å². The third-order valence-electron chi connectivity index (χ3n) is 4.97. The van der Waals surface area contributed by atoms with E-state index in [2.05, 4.69) is 23.8 Å². The molecule has 0 saturated carbocycles. The molecule has 194 valence electrons. The van der Waals surface area contributed by atoms with E-state index in [0.29, 0.717) is 18.4 Å². The highest BCUT2D eigenvalue weighted by molar-refractivity contribution is 7.88. The molecule has 0 aliphatic carbocycles. The Balaban J connectivity index is 0.000000525. The number of hydrogen-bond acceptors (Lipinski definition) is 5. The van der Waals surface area contributed by atoms with E-state index in [9.17, 15) is 14.1 Å². The smallest absolute Gasteiger partial charge is 0.335 e. The Kier molecular flexibility index (Phi) is 14.8. The summed E-state index contributed by atoms with van der Waals surface area (Å²) in [6.07, 6.45) is 1.26. The molecule has 37 heavy (non-hydrogen) atoms. The zero-order valence-corrected chi connectivity index (χ0v) is 22.5. The fraction of sp³-hybridized carbons (Fsp3) is 0.138. The maximum absolute atomic E-state index is 12.5. The Morgan fingerprint density at radius 2 is 1.32 bits per heavy atom. The van der Waals surface area contributed by atoms with E-state index in [4.69, 9.17) is 9.59 Å². The first-order valence-electron chi connectivity index (χ1n) is 11.2. The van der Waals surface area contributed by atoms with Gasteiger partial charge >= 0.3 is 5.97 Å². The average molecular weight is 538 g/mol. The predicted octanol–water partition coefficient (Wildman–Crippen LogP) is 6.30. The number of para-hydroxylation sites is 1. The number of anilines is 1. The highest BCUT2D eigenvalue weighted by atomic mass is 32.2. The second-order valence-corrected chi connectivity index (χ2v) is 10.2. The van der Waals surface area contributed by atoms with Gasteiger partial charge in [0.25, 0.3) is 0 Å². The number of nitrogens with one attached hydrogen (secondary N) is 1. The summed E-state index contributed by atoms with van der Waals surface area (Å²) in [4.78, 5) is 28.5. The predicted molar refractivity (Wildman–Crippen MR) is 152 cm³/mol. The lowest BCUT2D eigenvalue weighted by Crippen LogP contribution is -2.07. The van der Waals surface area contributed by atoms with Crippen LogP contribution in [-0.2, 0) is 33.4 Å². The quantitative estimate of drug-likeness (QED) is 0.288. The second-order valence-electron chi connectivity index (χ2n) is 7.51. The molecule has 1 unspecified atom stereocenters. The summed E-state index contributed by atoms with van der Waals surface area (Å²) in [5.41, 5.74) is 4.27. The van der Waals surface area contributed by atoms with Crippen LogP contribution in [0, 0.1) is 13.8 Å². The van der Waals surface area contributed by atoms with E-state index < -0.39 is 17.0 Å². The van der Waals surface area contributed by atoms with E-state index in [1.807, 2.05) is 87.2 Å². The minimum atomic E-state index is -1.31. The van der Waals surface area contributed by atoms with Crippen LogP contribution in [0.25, 0.3) is 0 Å². The van der Waals surface area contributed by atoms with Gasteiger partial charge in [-0.15, -0.1) is 11.3 Å². The van der Waals surface area contributed by atoms with Crippen molar-refractivity contribution >= 4 is 47.6 Å². The molecule has 0 saturated heterocycles. The normalized spacial score (nSPS) is 10.2. The fourth-order valence-electron chi connectivity index (χ4n) is 3.25. The Morgan fingerprint density at radius 1 is 0.784 bits per heavy atom. The topological polar surface area (TPSA) is 101 Å². The van der Waals surface area contributed by atoms with Gasteiger partial charge in [0.15, 0.2) is 11.0 Å². The maximum Gasteiger partial charge on any atom is 0.335 e. The summed E-state index contributed by atoms with van der Waals surface area (Å²) in [6, 6.07) is 28.8. The molecule has 1 heterocycles. The van der Waals surface area contributed by atoms with Gasteiger partial charge in [0, 0.05) is 10.6 Å². The molecule has 0 radical (unpaired) electrons. The summed E-state index contributed by atoms with van der Waals surface area (Å²) >= 11 is 1.51. The van der Waals surface area contributed by atoms with Gasteiger partial charge in [-0.2, -0.15) is 0 Å². The van der Waals surface area contributed by atoms with Crippen molar-refractivity contribution in [1.82, 2.24) is 0 Å². The zero-order valence-electron chi connectivity index (χ0n) is 20.9. The molecule has 1 atom stereocenters. The lowest BCUT2D eigenvalue weighted by Gasteiger charge is -2.12. The van der Waals surface area contributed by atoms with Crippen LogP contribution in [0.4, 0.5) is 5.69 Å². The molecule has 4 aromatic rings. The minimum Gasteiger partial charge on any atom is -0.478 e. The summed E-state index contributed by atoms with van der Waals surface area (Å²) < 4.78 is 16.4. The van der Waals surface area contributed by atoms with Gasteiger partial charge in [-0.05, 0) is 62.1 Å². The SMILES string of the molecule is C=O.C=O.Cc1ccc(S(=O)Nc2ccccc2CCc2ccccc2C(=O)O)s1.Cc1ccccc1. The first-order valence-corrected chi connectivity index (χ1v) is 13.1. The van der Waals surface area contributed by atoms with Crippen molar-refractivity contribution in [3.63, 3.8) is 0 Å². The molecule has 6 nitrogen and oxygen atoms in total. The number of carbonyl (C=O) groups excluding carboxylic acids is 2. The Morgan fingerprint density at radius 3 is 1.86 bits per heavy atom. The largest absolute Gasteiger partial charge is 0.478 e. The molecule has 1 aromatic heterocycles. The van der Waals surface area contributed by atoms with E-state index in [1.165, 1.54) is 16.9 Å². The van der Waals surface area contributed by atoms with Crippen molar-refractivity contribution in [3.8, 4) is 0 Å². The molecular formula is C29H31NO5S2. The summed E-state index contributed by atoms with van der Waals surface area (Å²) in [6.45, 7) is 8.07. The van der Waals surface area contributed by atoms with Crippen molar-refractivity contribution in [2.75, 3.05) is 4.72 Å². The maximum atomic E-state index is 12.5. The highest BCUT2D eigenvalue weighted by Crippen LogP contribution is 2.24. The third-order valence-corrected chi connectivity index (χ3v) is 7.38. The molecule has 0 spiro atoms. The number of benzene rings is 3. The van der Waals surface area contributed by atoms with Gasteiger partial charge in [0.2, 0.25) is 0 Å². The third kappa shape index (κ3) is 10.7. The van der Waals surface area contributed by atoms with Crippen LogP contribution in [0.5, 0.6) is 0 Å². The number of carboxylic acids is 1. The molecule has 0 amide bonds. The van der Waals surface area contributed by atoms with Gasteiger partial charge < -0.3 is 19.4 Å². The molecule has 0 aliphatic heterocycles. The number of aromatic carboxylic acids is 1. The lowest BCUT2D eigenvalue weighted by atomic mass is 9.99. The molecule has 0 fully saturated rings. The molecular weight excluding hydrogens is 506 g/mol. The van der Waals surface area contributed by atoms with Crippen LogP contribution in [0.3, 0.4) is 0 Å². The molecule has 0 bridgehead atoms.